The van der Waals surface area contributed by atoms with Crippen LogP contribution in [0.5, 0.6) is 17.2 Å². The number of ether oxygens (including phenoxy) is 2. The average Bonchev–Trinajstić information content (AvgIpc) is 3.24. The molecular weight excluding hydrogens is 394 g/mol. The summed E-state index contributed by atoms with van der Waals surface area (Å²) < 4.78 is 10.8. The molecule has 0 saturated carbocycles. The molecule has 158 valence electrons. The van der Waals surface area contributed by atoms with Crippen LogP contribution in [-0.2, 0) is 0 Å². The number of hydrogen-bond donors (Lipinski definition) is 2. The predicted molar refractivity (Wildman–Crippen MR) is 119 cm³/mol. The topological polar surface area (TPSA) is 83.4 Å². The van der Waals surface area contributed by atoms with Gasteiger partial charge in [0.2, 0.25) is 0 Å². The van der Waals surface area contributed by atoms with Crippen LogP contribution in [0.25, 0.3) is 0 Å². The van der Waals surface area contributed by atoms with Gasteiger partial charge in [0.15, 0.2) is 0 Å². The highest BCUT2D eigenvalue weighted by atomic mass is 16.5. The molecule has 7 nitrogen and oxygen atoms in total. The minimum Gasteiger partial charge on any atom is -0.508 e. The van der Waals surface area contributed by atoms with Gasteiger partial charge in [0.25, 0.3) is 0 Å². The summed E-state index contributed by atoms with van der Waals surface area (Å²) in [7, 11) is 3.17. The molecule has 1 aliphatic rings. The van der Waals surface area contributed by atoms with Crippen LogP contribution in [-0.4, -0.2) is 36.1 Å². The molecule has 31 heavy (non-hydrogen) atoms. The monoisotopic (exact) mass is 417 g/mol. The number of urea groups is 1. The molecular formula is C24H23N3O4. The van der Waals surface area contributed by atoms with Crippen LogP contribution in [0.4, 0.5) is 10.5 Å². The summed E-state index contributed by atoms with van der Waals surface area (Å²) >= 11 is 0. The number of carbonyl (C=O) groups excluding carboxylic acids is 1. The lowest BCUT2D eigenvalue weighted by molar-refractivity contribution is 0.199. The number of nitrogens with one attached hydrogen (secondary N) is 1. The third-order valence-electron chi connectivity index (χ3n) is 5.16. The highest BCUT2D eigenvalue weighted by molar-refractivity contribution is 6.06. The Morgan fingerprint density at radius 3 is 2.48 bits per heavy atom. The molecule has 1 heterocycles. The maximum absolute atomic E-state index is 13.1. The van der Waals surface area contributed by atoms with Crippen LogP contribution >= 0.6 is 0 Å². The molecule has 0 spiro atoms. The number of phenols is 1. The molecule has 0 fully saturated rings. The SMILES string of the molecule is COc1ccc(C2=NN(C(=O)Nc3ccccc3)[C@H](c3ccccc3O)C2)c(OC)c1. The molecule has 0 aliphatic carbocycles. The number of aromatic hydroxyl groups is 1. The minimum absolute atomic E-state index is 0.114. The van der Waals surface area contributed by atoms with E-state index in [9.17, 15) is 9.90 Å². The van der Waals surface area contributed by atoms with Gasteiger partial charge in [-0.15, -0.1) is 0 Å². The van der Waals surface area contributed by atoms with E-state index >= 15 is 0 Å². The predicted octanol–water partition coefficient (Wildman–Crippen LogP) is 4.79. The first-order valence-corrected chi connectivity index (χ1v) is 9.83. The molecule has 0 unspecified atom stereocenters. The van der Waals surface area contributed by atoms with Crippen LogP contribution in [0, 0.1) is 0 Å². The highest BCUT2D eigenvalue weighted by Crippen LogP contribution is 2.39. The van der Waals surface area contributed by atoms with Crippen molar-refractivity contribution in [2.24, 2.45) is 5.10 Å². The molecule has 1 aliphatic heterocycles. The maximum Gasteiger partial charge on any atom is 0.342 e. The van der Waals surface area contributed by atoms with Gasteiger partial charge in [-0.05, 0) is 30.3 Å². The summed E-state index contributed by atoms with van der Waals surface area (Å²) in [5, 5.41) is 19.3. The molecule has 0 saturated heterocycles. The second-order valence-corrected chi connectivity index (χ2v) is 7.03. The molecule has 0 radical (unpaired) electrons. The normalized spacial score (nSPS) is 15.4. The smallest absolute Gasteiger partial charge is 0.342 e. The Morgan fingerprint density at radius 1 is 1.03 bits per heavy atom. The van der Waals surface area contributed by atoms with Crippen LogP contribution in [0.15, 0.2) is 77.9 Å². The molecule has 0 aromatic heterocycles. The molecule has 3 aromatic carbocycles. The average molecular weight is 417 g/mol. The zero-order valence-corrected chi connectivity index (χ0v) is 17.3. The fourth-order valence-electron chi connectivity index (χ4n) is 3.61. The lowest BCUT2D eigenvalue weighted by Crippen LogP contribution is -2.31. The number of methoxy groups -OCH3 is 2. The number of nitrogens with zero attached hydrogens (tertiary/aromatic N) is 2. The Bertz CT molecular complexity index is 1110. The first kappa shape index (κ1) is 20.3. The van der Waals surface area contributed by atoms with Crippen molar-refractivity contribution in [1.29, 1.82) is 0 Å². The zero-order valence-electron chi connectivity index (χ0n) is 17.3. The van der Waals surface area contributed by atoms with E-state index in [4.69, 9.17) is 9.47 Å². The van der Waals surface area contributed by atoms with Crippen LogP contribution in [0.1, 0.15) is 23.6 Å². The second-order valence-electron chi connectivity index (χ2n) is 7.03. The lowest BCUT2D eigenvalue weighted by atomic mass is 9.97. The van der Waals surface area contributed by atoms with E-state index in [1.807, 2.05) is 36.4 Å². The number of benzene rings is 3. The summed E-state index contributed by atoms with van der Waals surface area (Å²) in [4.78, 5) is 13.1. The number of phenolic OH excluding ortho intramolecular Hbond substituents is 1. The summed E-state index contributed by atoms with van der Waals surface area (Å²) in [5.74, 6) is 1.37. The van der Waals surface area contributed by atoms with Crippen molar-refractivity contribution in [3.05, 3.63) is 83.9 Å². The van der Waals surface area contributed by atoms with Gasteiger partial charge in [-0.2, -0.15) is 5.10 Å². The summed E-state index contributed by atoms with van der Waals surface area (Å²) in [6, 6.07) is 20.8. The van der Waals surface area contributed by atoms with E-state index in [-0.39, 0.29) is 11.8 Å². The van der Waals surface area contributed by atoms with Crippen molar-refractivity contribution in [2.45, 2.75) is 12.5 Å². The first-order valence-electron chi connectivity index (χ1n) is 9.83. The van der Waals surface area contributed by atoms with E-state index in [0.717, 1.165) is 5.56 Å². The van der Waals surface area contributed by atoms with Gasteiger partial charge in [0, 0.05) is 29.3 Å². The van der Waals surface area contributed by atoms with Crippen molar-refractivity contribution < 1.29 is 19.4 Å². The Hall–Kier alpha value is -4.00. The Labute approximate surface area is 180 Å². The third-order valence-corrected chi connectivity index (χ3v) is 5.16. The number of hydrogen-bond acceptors (Lipinski definition) is 5. The first-order chi connectivity index (χ1) is 15.1. The lowest BCUT2D eigenvalue weighted by Gasteiger charge is -2.23. The third kappa shape index (κ3) is 4.16. The van der Waals surface area contributed by atoms with Crippen LogP contribution in [0.2, 0.25) is 0 Å². The second kappa shape index (κ2) is 8.79. The standard InChI is InChI=1S/C24H23N3O4/c1-30-17-12-13-18(23(14-17)31-2)20-15-21(19-10-6-7-11-22(19)28)27(26-20)24(29)25-16-8-4-3-5-9-16/h3-14,21,28H,15H2,1-2H3,(H,25,29)/t21-/m0/s1. The number of anilines is 1. The number of rotatable bonds is 5. The number of carbonyl (C=O) groups is 1. The van der Waals surface area contributed by atoms with Gasteiger partial charge in [0.05, 0.1) is 26.0 Å². The summed E-state index contributed by atoms with van der Waals surface area (Å²) in [5.41, 5.74) is 2.72. The molecule has 3 aromatic rings. The van der Waals surface area contributed by atoms with E-state index in [0.29, 0.717) is 34.9 Å². The van der Waals surface area contributed by atoms with Crippen LogP contribution in [0.3, 0.4) is 0 Å². The summed E-state index contributed by atoms with van der Waals surface area (Å²) in [6.45, 7) is 0. The minimum atomic E-state index is -0.466. The Morgan fingerprint density at radius 2 is 1.77 bits per heavy atom. The van der Waals surface area contributed by atoms with Gasteiger partial charge >= 0.3 is 6.03 Å². The van der Waals surface area contributed by atoms with Gasteiger partial charge in [0.1, 0.15) is 17.2 Å². The van der Waals surface area contributed by atoms with Gasteiger partial charge in [-0.1, -0.05) is 36.4 Å². The molecule has 7 heteroatoms. The number of hydrazone groups is 1. The maximum atomic E-state index is 13.1. The van der Waals surface area contributed by atoms with Gasteiger partial charge in [-0.3, -0.25) is 0 Å². The van der Waals surface area contributed by atoms with E-state index in [1.54, 1.807) is 50.6 Å². The Kier molecular flexibility index (Phi) is 5.75. The fourth-order valence-corrected chi connectivity index (χ4v) is 3.61. The molecule has 2 amide bonds. The van der Waals surface area contributed by atoms with Gasteiger partial charge < -0.3 is 19.9 Å². The molecule has 4 rings (SSSR count). The van der Waals surface area contributed by atoms with Crippen molar-refractivity contribution in [3.8, 4) is 17.2 Å². The largest absolute Gasteiger partial charge is 0.508 e. The quantitative estimate of drug-likeness (QED) is 0.625. The van der Waals surface area contributed by atoms with Crippen molar-refractivity contribution in [2.75, 3.05) is 19.5 Å². The fraction of sp³-hybridized carbons (Fsp3) is 0.167. The Balaban J connectivity index is 1.72. The van der Waals surface area contributed by atoms with E-state index < -0.39 is 6.04 Å². The van der Waals surface area contributed by atoms with Crippen molar-refractivity contribution in [3.63, 3.8) is 0 Å². The van der Waals surface area contributed by atoms with E-state index in [1.165, 1.54) is 5.01 Å². The summed E-state index contributed by atoms with van der Waals surface area (Å²) in [6.07, 6.45) is 0.419. The van der Waals surface area contributed by atoms with Crippen LogP contribution < -0.4 is 14.8 Å². The molecule has 2 N–H and O–H groups in total. The molecule has 1 atom stereocenters. The number of para-hydroxylation sites is 2. The number of amides is 2. The highest BCUT2D eigenvalue weighted by Gasteiger charge is 2.35. The zero-order chi connectivity index (χ0) is 21.8. The van der Waals surface area contributed by atoms with Crippen molar-refractivity contribution >= 4 is 17.4 Å². The molecule has 0 bridgehead atoms. The van der Waals surface area contributed by atoms with Gasteiger partial charge in [-0.25, -0.2) is 9.80 Å². The van der Waals surface area contributed by atoms with E-state index in [2.05, 4.69) is 10.4 Å². The van der Waals surface area contributed by atoms with Crippen molar-refractivity contribution in [1.82, 2.24) is 5.01 Å².